The van der Waals surface area contributed by atoms with Crippen LogP contribution in [-0.4, -0.2) is 25.0 Å². The average Bonchev–Trinajstić information content (AvgIpc) is 2.51. The second-order valence-corrected chi connectivity index (χ2v) is 5.76. The van der Waals surface area contributed by atoms with Crippen LogP contribution in [0.4, 0.5) is 16.2 Å². The normalized spacial score (nSPS) is 10.1. The molecule has 0 unspecified atom stereocenters. The van der Waals surface area contributed by atoms with E-state index < -0.39 is 0 Å². The Morgan fingerprint density at radius 3 is 2.21 bits per heavy atom. The number of urea groups is 1. The van der Waals surface area contributed by atoms with E-state index in [2.05, 4.69) is 16.7 Å². The fraction of sp³-hybridized carbons (Fsp3) is 0.263. The topological polar surface area (TPSA) is 61.4 Å². The predicted molar refractivity (Wildman–Crippen MR) is 97.4 cm³/mol. The molecule has 0 bridgehead atoms. The first-order valence-electron chi connectivity index (χ1n) is 7.92. The van der Waals surface area contributed by atoms with Crippen molar-refractivity contribution in [1.82, 2.24) is 5.32 Å². The summed E-state index contributed by atoms with van der Waals surface area (Å²) in [4.78, 5) is 25.5. The van der Waals surface area contributed by atoms with E-state index in [1.165, 1.54) is 6.92 Å². The average molecular weight is 325 g/mol. The van der Waals surface area contributed by atoms with Gasteiger partial charge in [-0.05, 0) is 49.2 Å². The lowest BCUT2D eigenvalue weighted by Crippen LogP contribution is -2.39. The lowest BCUT2D eigenvalue weighted by molar-refractivity contribution is -0.116. The minimum Gasteiger partial charge on any atom is -0.336 e. The quantitative estimate of drug-likeness (QED) is 0.884. The van der Waals surface area contributed by atoms with Gasteiger partial charge in [-0.15, -0.1) is 0 Å². The molecular formula is C19H23N3O2. The van der Waals surface area contributed by atoms with Gasteiger partial charge in [-0.1, -0.05) is 24.3 Å². The number of aryl methyl sites for hydroxylation is 2. The third-order valence-electron chi connectivity index (χ3n) is 3.55. The van der Waals surface area contributed by atoms with E-state index in [4.69, 9.17) is 0 Å². The molecule has 2 N–H and O–H groups in total. The van der Waals surface area contributed by atoms with Crippen LogP contribution >= 0.6 is 0 Å². The highest BCUT2D eigenvalue weighted by Crippen LogP contribution is 2.18. The monoisotopic (exact) mass is 325 g/mol. The van der Waals surface area contributed by atoms with Gasteiger partial charge in [0.2, 0.25) is 5.91 Å². The number of hydrogen-bond donors (Lipinski definition) is 2. The standard InChI is InChI=1S/C19H23N3O2/c1-14-11-15(2)13-18(12-14)22(16(3)23)10-9-20-19(24)21-17-7-5-4-6-8-17/h4-8,11-13H,9-10H2,1-3H3,(H2,20,21,24). The molecule has 5 heteroatoms. The molecule has 5 nitrogen and oxygen atoms in total. The van der Waals surface area contributed by atoms with Crippen molar-refractivity contribution < 1.29 is 9.59 Å². The number of nitrogens with zero attached hydrogens (tertiary/aromatic N) is 1. The second kappa shape index (κ2) is 8.15. The van der Waals surface area contributed by atoms with Crippen LogP contribution < -0.4 is 15.5 Å². The van der Waals surface area contributed by atoms with Gasteiger partial charge < -0.3 is 15.5 Å². The molecule has 0 saturated heterocycles. The van der Waals surface area contributed by atoms with Crippen molar-refractivity contribution in [3.8, 4) is 0 Å². The lowest BCUT2D eigenvalue weighted by atomic mass is 10.1. The van der Waals surface area contributed by atoms with Gasteiger partial charge in [0.05, 0.1) is 0 Å². The summed E-state index contributed by atoms with van der Waals surface area (Å²) < 4.78 is 0. The molecule has 0 spiro atoms. The van der Waals surface area contributed by atoms with E-state index in [9.17, 15) is 9.59 Å². The third-order valence-corrected chi connectivity index (χ3v) is 3.55. The van der Waals surface area contributed by atoms with E-state index in [-0.39, 0.29) is 11.9 Å². The molecule has 0 aliphatic rings. The largest absolute Gasteiger partial charge is 0.336 e. The van der Waals surface area contributed by atoms with Crippen molar-refractivity contribution in [1.29, 1.82) is 0 Å². The Labute approximate surface area is 142 Å². The number of carbonyl (C=O) groups is 2. The number of amides is 3. The van der Waals surface area contributed by atoms with Gasteiger partial charge in [0.25, 0.3) is 0 Å². The Bertz CT molecular complexity index is 694. The lowest BCUT2D eigenvalue weighted by Gasteiger charge is -2.22. The van der Waals surface area contributed by atoms with Crippen LogP contribution in [0.3, 0.4) is 0 Å². The number of carbonyl (C=O) groups excluding carboxylic acids is 2. The van der Waals surface area contributed by atoms with E-state index in [0.29, 0.717) is 13.1 Å². The van der Waals surface area contributed by atoms with E-state index in [1.807, 2.05) is 56.3 Å². The number of anilines is 2. The zero-order valence-electron chi connectivity index (χ0n) is 14.3. The highest BCUT2D eigenvalue weighted by atomic mass is 16.2. The van der Waals surface area contributed by atoms with Crippen LogP contribution in [0.2, 0.25) is 0 Å². The molecule has 3 amide bonds. The van der Waals surface area contributed by atoms with Gasteiger partial charge in [0.1, 0.15) is 0 Å². The summed E-state index contributed by atoms with van der Waals surface area (Å²) in [6.07, 6.45) is 0. The molecule has 0 aliphatic heterocycles. The number of hydrogen-bond acceptors (Lipinski definition) is 2. The van der Waals surface area contributed by atoms with Crippen molar-refractivity contribution in [3.63, 3.8) is 0 Å². The molecule has 0 saturated carbocycles. The molecule has 24 heavy (non-hydrogen) atoms. The van der Waals surface area contributed by atoms with Crippen molar-refractivity contribution >= 4 is 23.3 Å². The zero-order valence-corrected chi connectivity index (χ0v) is 14.3. The Kier molecular flexibility index (Phi) is 5.95. The molecule has 2 aromatic carbocycles. The fourth-order valence-corrected chi connectivity index (χ4v) is 2.55. The summed E-state index contributed by atoms with van der Waals surface area (Å²) in [6, 6.07) is 14.9. The molecule has 2 rings (SSSR count). The van der Waals surface area contributed by atoms with Crippen LogP contribution in [0.25, 0.3) is 0 Å². The van der Waals surface area contributed by atoms with E-state index >= 15 is 0 Å². The zero-order chi connectivity index (χ0) is 17.5. The highest BCUT2D eigenvalue weighted by Gasteiger charge is 2.12. The molecular weight excluding hydrogens is 302 g/mol. The van der Waals surface area contributed by atoms with E-state index in [0.717, 1.165) is 22.5 Å². The second-order valence-electron chi connectivity index (χ2n) is 5.76. The van der Waals surface area contributed by atoms with Crippen LogP contribution in [-0.2, 0) is 4.79 Å². The van der Waals surface area contributed by atoms with Crippen LogP contribution in [0.1, 0.15) is 18.1 Å². The SMILES string of the molecule is CC(=O)N(CCNC(=O)Nc1ccccc1)c1cc(C)cc(C)c1. The third kappa shape index (κ3) is 5.12. The Balaban J connectivity index is 1.92. The first-order valence-corrected chi connectivity index (χ1v) is 7.92. The van der Waals surface area contributed by atoms with Crippen molar-refractivity contribution in [2.24, 2.45) is 0 Å². The van der Waals surface area contributed by atoms with Gasteiger partial charge in [0.15, 0.2) is 0 Å². The van der Waals surface area contributed by atoms with Gasteiger partial charge in [-0.3, -0.25) is 4.79 Å². The summed E-state index contributed by atoms with van der Waals surface area (Å²) >= 11 is 0. The van der Waals surface area contributed by atoms with Crippen molar-refractivity contribution in [3.05, 3.63) is 59.7 Å². The summed E-state index contributed by atoms with van der Waals surface area (Å²) in [5.74, 6) is -0.0507. The summed E-state index contributed by atoms with van der Waals surface area (Å²) in [7, 11) is 0. The molecule has 0 aromatic heterocycles. The van der Waals surface area contributed by atoms with Crippen molar-refractivity contribution in [2.45, 2.75) is 20.8 Å². The van der Waals surface area contributed by atoms with Gasteiger partial charge >= 0.3 is 6.03 Å². The number of para-hydroxylation sites is 1. The molecule has 2 aromatic rings. The highest BCUT2D eigenvalue weighted by molar-refractivity contribution is 5.92. The smallest absolute Gasteiger partial charge is 0.319 e. The number of rotatable bonds is 5. The maximum atomic E-state index is 11.9. The molecule has 126 valence electrons. The Morgan fingerprint density at radius 1 is 1.00 bits per heavy atom. The first kappa shape index (κ1) is 17.5. The van der Waals surface area contributed by atoms with Gasteiger partial charge in [0, 0.05) is 31.4 Å². The Hall–Kier alpha value is -2.82. The van der Waals surface area contributed by atoms with Gasteiger partial charge in [-0.25, -0.2) is 4.79 Å². The molecule has 0 heterocycles. The minimum atomic E-state index is -0.287. The minimum absolute atomic E-state index is 0.0507. The van der Waals surface area contributed by atoms with Crippen LogP contribution in [0.5, 0.6) is 0 Å². The number of benzene rings is 2. The fourth-order valence-electron chi connectivity index (χ4n) is 2.55. The summed E-state index contributed by atoms with van der Waals surface area (Å²) in [5.41, 5.74) is 3.79. The van der Waals surface area contributed by atoms with Gasteiger partial charge in [-0.2, -0.15) is 0 Å². The molecule has 0 aliphatic carbocycles. The van der Waals surface area contributed by atoms with Crippen LogP contribution in [0, 0.1) is 13.8 Å². The maximum Gasteiger partial charge on any atom is 0.319 e. The first-order chi connectivity index (χ1) is 11.5. The van der Waals surface area contributed by atoms with Crippen LogP contribution in [0.15, 0.2) is 48.5 Å². The maximum absolute atomic E-state index is 11.9. The summed E-state index contributed by atoms with van der Waals surface area (Å²) in [5, 5.41) is 5.52. The predicted octanol–water partition coefficient (Wildman–Crippen LogP) is 3.48. The number of nitrogens with one attached hydrogen (secondary N) is 2. The van der Waals surface area contributed by atoms with E-state index in [1.54, 1.807) is 4.90 Å². The molecule has 0 atom stereocenters. The summed E-state index contributed by atoms with van der Waals surface area (Å²) in [6.45, 7) is 6.31. The van der Waals surface area contributed by atoms with Crippen molar-refractivity contribution in [2.75, 3.05) is 23.3 Å². The Morgan fingerprint density at radius 2 is 1.62 bits per heavy atom. The molecule has 0 fully saturated rings. The molecule has 0 radical (unpaired) electrons.